The molecule has 2 aromatic heterocycles. The van der Waals surface area contributed by atoms with Gasteiger partial charge in [-0.2, -0.15) is 0 Å². The molecule has 0 bridgehead atoms. The third kappa shape index (κ3) is 3.31. The van der Waals surface area contributed by atoms with E-state index in [2.05, 4.69) is 22.2 Å². The van der Waals surface area contributed by atoms with Crippen LogP contribution in [-0.4, -0.2) is 28.4 Å². The molecule has 0 unspecified atom stereocenters. The minimum atomic E-state index is -0.0756. The van der Waals surface area contributed by atoms with Crippen LogP contribution in [0.1, 0.15) is 23.8 Å². The first kappa shape index (κ1) is 17.8. The summed E-state index contributed by atoms with van der Waals surface area (Å²) in [6, 6.07) is 5.40. The first-order valence-electron chi connectivity index (χ1n) is 9.25. The lowest BCUT2D eigenvalue weighted by molar-refractivity contribution is -0.113. The maximum absolute atomic E-state index is 12.4. The molecule has 5 rings (SSSR count). The summed E-state index contributed by atoms with van der Waals surface area (Å²) in [7, 11) is 0. The Labute approximate surface area is 170 Å². The molecule has 1 aliphatic carbocycles. The molecule has 0 fully saturated rings. The van der Waals surface area contributed by atoms with E-state index in [0.29, 0.717) is 22.9 Å². The number of thiophene rings is 1. The molecule has 3 heterocycles. The molecule has 144 valence electrons. The van der Waals surface area contributed by atoms with Gasteiger partial charge in [0.1, 0.15) is 16.2 Å². The smallest absolute Gasteiger partial charge is 0.234 e. The number of ether oxygens (including phenoxy) is 2. The lowest BCUT2D eigenvalue weighted by atomic mass is 9.89. The van der Waals surface area contributed by atoms with Crippen LogP contribution in [-0.2, 0) is 17.6 Å². The van der Waals surface area contributed by atoms with E-state index in [4.69, 9.17) is 9.47 Å². The van der Waals surface area contributed by atoms with Crippen molar-refractivity contribution in [3.05, 3.63) is 35.0 Å². The predicted molar refractivity (Wildman–Crippen MR) is 111 cm³/mol. The van der Waals surface area contributed by atoms with Crippen LogP contribution >= 0.6 is 23.1 Å². The summed E-state index contributed by atoms with van der Waals surface area (Å²) in [5.74, 6) is 2.29. The molecule has 1 N–H and O–H groups in total. The minimum Gasteiger partial charge on any atom is -0.454 e. The summed E-state index contributed by atoms with van der Waals surface area (Å²) >= 11 is 3.24. The molecule has 1 aliphatic heterocycles. The van der Waals surface area contributed by atoms with E-state index in [9.17, 15) is 4.79 Å². The normalized spacial score (nSPS) is 17.5. The number of hydrogen-bond donors (Lipinski definition) is 1. The van der Waals surface area contributed by atoms with Gasteiger partial charge in [0.15, 0.2) is 11.5 Å². The molecule has 28 heavy (non-hydrogen) atoms. The average molecular weight is 414 g/mol. The van der Waals surface area contributed by atoms with Crippen molar-refractivity contribution in [2.45, 2.75) is 31.2 Å². The molecule has 6 nitrogen and oxygen atoms in total. The Balaban J connectivity index is 1.31. The van der Waals surface area contributed by atoms with Crippen LogP contribution in [0.15, 0.2) is 29.6 Å². The minimum absolute atomic E-state index is 0.0756. The van der Waals surface area contributed by atoms with Gasteiger partial charge in [0.25, 0.3) is 0 Å². The molecule has 1 amide bonds. The summed E-state index contributed by atoms with van der Waals surface area (Å²) in [4.78, 5) is 23.9. The third-order valence-corrected chi connectivity index (χ3v) is 7.21. The number of nitrogens with zero attached hydrogens (tertiary/aromatic N) is 2. The predicted octanol–water partition coefficient (Wildman–Crippen LogP) is 4.28. The second kappa shape index (κ2) is 7.25. The highest BCUT2D eigenvalue weighted by molar-refractivity contribution is 8.00. The van der Waals surface area contributed by atoms with Crippen LogP contribution in [0.4, 0.5) is 5.69 Å². The zero-order valence-electron chi connectivity index (χ0n) is 15.4. The number of thioether (sulfide) groups is 1. The van der Waals surface area contributed by atoms with Crippen LogP contribution in [0.25, 0.3) is 10.2 Å². The Morgan fingerprint density at radius 1 is 1.32 bits per heavy atom. The van der Waals surface area contributed by atoms with Crippen molar-refractivity contribution >= 4 is 44.9 Å². The second-order valence-electron chi connectivity index (χ2n) is 7.12. The van der Waals surface area contributed by atoms with Crippen LogP contribution in [0.2, 0.25) is 0 Å². The highest BCUT2D eigenvalue weighted by atomic mass is 32.2. The van der Waals surface area contributed by atoms with Gasteiger partial charge >= 0.3 is 0 Å². The van der Waals surface area contributed by atoms with Crippen molar-refractivity contribution in [1.82, 2.24) is 9.97 Å². The molecule has 0 spiro atoms. The number of nitrogens with one attached hydrogen (secondary N) is 1. The zero-order chi connectivity index (χ0) is 19.1. The summed E-state index contributed by atoms with van der Waals surface area (Å²) in [5.41, 5.74) is 2.09. The summed E-state index contributed by atoms with van der Waals surface area (Å²) in [5, 5.41) is 4.97. The Kier molecular flexibility index (Phi) is 4.60. The standard InChI is InChI=1S/C20H19N3O3S2/c1-11-2-4-13-16(6-11)28-20-18(13)19(21-9-22-20)27-8-17(24)23-12-3-5-14-15(7-12)26-10-25-14/h3,5,7,9,11H,2,4,6,8,10H2,1H3,(H,23,24)/t11-/m1/s1. The van der Waals surface area contributed by atoms with Crippen LogP contribution in [0.5, 0.6) is 11.5 Å². The third-order valence-electron chi connectivity index (χ3n) is 5.05. The number of hydrogen-bond acceptors (Lipinski definition) is 7. The van der Waals surface area contributed by atoms with E-state index in [-0.39, 0.29) is 12.7 Å². The molecule has 0 saturated carbocycles. The largest absolute Gasteiger partial charge is 0.454 e. The number of carbonyl (C=O) groups is 1. The maximum Gasteiger partial charge on any atom is 0.234 e. The number of aryl methyl sites for hydroxylation is 1. The molecule has 3 aromatic rings. The van der Waals surface area contributed by atoms with Gasteiger partial charge in [-0.1, -0.05) is 18.7 Å². The Morgan fingerprint density at radius 2 is 2.21 bits per heavy atom. The van der Waals surface area contributed by atoms with Gasteiger partial charge in [0.05, 0.1) is 5.75 Å². The topological polar surface area (TPSA) is 73.3 Å². The van der Waals surface area contributed by atoms with Gasteiger partial charge in [0, 0.05) is 22.0 Å². The summed E-state index contributed by atoms with van der Waals surface area (Å²) in [6.07, 6.45) is 4.99. The van der Waals surface area contributed by atoms with E-state index in [1.54, 1.807) is 29.8 Å². The fourth-order valence-corrected chi connectivity index (χ4v) is 5.90. The van der Waals surface area contributed by atoms with Crippen molar-refractivity contribution in [3.8, 4) is 11.5 Å². The molecule has 2 aliphatic rings. The van der Waals surface area contributed by atoms with Crippen molar-refractivity contribution < 1.29 is 14.3 Å². The summed E-state index contributed by atoms with van der Waals surface area (Å²) < 4.78 is 10.7. The van der Waals surface area contributed by atoms with Crippen molar-refractivity contribution in [1.29, 1.82) is 0 Å². The van der Waals surface area contributed by atoms with Gasteiger partial charge in [-0.15, -0.1) is 11.3 Å². The zero-order valence-corrected chi connectivity index (χ0v) is 17.0. The van der Waals surface area contributed by atoms with Gasteiger partial charge in [0.2, 0.25) is 12.7 Å². The fourth-order valence-electron chi connectivity index (χ4n) is 3.66. The van der Waals surface area contributed by atoms with E-state index in [1.165, 1.54) is 28.6 Å². The lowest BCUT2D eigenvalue weighted by Gasteiger charge is -2.18. The average Bonchev–Trinajstić information content (AvgIpc) is 3.29. The van der Waals surface area contributed by atoms with E-state index >= 15 is 0 Å². The SMILES string of the molecule is C[C@@H]1CCc2c(sc3ncnc(SCC(=O)Nc4ccc5c(c4)OCO5)c23)C1. The highest BCUT2D eigenvalue weighted by Gasteiger charge is 2.23. The van der Waals surface area contributed by atoms with Crippen molar-refractivity contribution in [3.63, 3.8) is 0 Å². The fraction of sp³-hybridized carbons (Fsp3) is 0.350. The quantitative estimate of drug-likeness (QED) is 0.508. The molecular weight excluding hydrogens is 394 g/mol. The lowest BCUT2D eigenvalue weighted by Crippen LogP contribution is -2.14. The van der Waals surface area contributed by atoms with Crippen molar-refractivity contribution in [2.75, 3.05) is 17.9 Å². The first-order chi connectivity index (χ1) is 13.7. The molecule has 1 aromatic carbocycles. The Hall–Kier alpha value is -2.32. The van der Waals surface area contributed by atoms with Gasteiger partial charge in [-0.05, 0) is 42.9 Å². The number of fused-ring (bicyclic) bond motifs is 4. The molecule has 8 heteroatoms. The van der Waals surface area contributed by atoms with Gasteiger partial charge < -0.3 is 14.8 Å². The number of anilines is 1. The summed E-state index contributed by atoms with van der Waals surface area (Å²) in [6.45, 7) is 2.52. The van der Waals surface area contributed by atoms with Crippen LogP contribution < -0.4 is 14.8 Å². The maximum atomic E-state index is 12.4. The van der Waals surface area contributed by atoms with Crippen LogP contribution in [0, 0.1) is 5.92 Å². The monoisotopic (exact) mass is 413 g/mol. The van der Waals surface area contributed by atoms with Crippen molar-refractivity contribution in [2.24, 2.45) is 5.92 Å². The molecule has 0 saturated heterocycles. The van der Waals surface area contributed by atoms with Gasteiger partial charge in [-0.3, -0.25) is 4.79 Å². The number of carbonyl (C=O) groups excluding carboxylic acids is 1. The first-order valence-corrected chi connectivity index (χ1v) is 11.0. The number of rotatable bonds is 4. The Morgan fingerprint density at radius 3 is 3.14 bits per heavy atom. The number of benzene rings is 1. The van der Waals surface area contributed by atoms with Gasteiger partial charge in [-0.25, -0.2) is 9.97 Å². The van der Waals surface area contributed by atoms with E-state index in [0.717, 1.165) is 34.0 Å². The molecule has 0 radical (unpaired) electrons. The number of amides is 1. The Bertz CT molecular complexity index is 1070. The molecule has 1 atom stereocenters. The number of aromatic nitrogens is 2. The highest BCUT2D eigenvalue weighted by Crippen LogP contribution is 2.40. The second-order valence-corrected chi connectivity index (χ2v) is 9.16. The molecular formula is C20H19N3O3S2. The van der Waals surface area contributed by atoms with Crippen LogP contribution in [0.3, 0.4) is 0 Å². The van der Waals surface area contributed by atoms with E-state index in [1.807, 2.05) is 6.07 Å². The van der Waals surface area contributed by atoms with E-state index < -0.39 is 0 Å².